The van der Waals surface area contributed by atoms with E-state index in [0.29, 0.717) is 0 Å². The van der Waals surface area contributed by atoms with Gasteiger partial charge in [0.05, 0.1) is 24.2 Å². The van der Waals surface area contributed by atoms with Crippen molar-refractivity contribution in [2.24, 2.45) is 0 Å². The molecule has 4 rings (SSSR count). The van der Waals surface area contributed by atoms with E-state index in [-0.39, 0.29) is 30.3 Å². The lowest BCUT2D eigenvalue weighted by atomic mass is 9.93. The van der Waals surface area contributed by atoms with E-state index in [1.54, 1.807) is 34.1 Å². The average Bonchev–Trinajstić information content (AvgIpc) is 3.33. The molecule has 7 heteroatoms. The third-order valence-electron chi connectivity index (χ3n) is 5.87. The molecule has 0 bridgehead atoms. The van der Waals surface area contributed by atoms with Crippen molar-refractivity contribution in [1.29, 1.82) is 0 Å². The van der Waals surface area contributed by atoms with Crippen LogP contribution < -0.4 is 0 Å². The van der Waals surface area contributed by atoms with Crippen LogP contribution in [0.2, 0.25) is 0 Å². The van der Waals surface area contributed by atoms with Crippen molar-refractivity contribution in [3.8, 4) is 5.69 Å². The topological polar surface area (TPSA) is 71.3 Å². The summed E-state index contributed by atoms with van der Waals surface area (Å²) >= 11 is 0. The molecule has 2 amide bonds. The van der Waals surface area contributed by atoms with Crippen LogP contribution in [0.15, 0.2) is 67.4 Å². The predicted octanol–water partition coefficient (Wildman–Crippen LogP) is 3.75. The number of fused-ring (bicyclic) bond motifs is 1. The number of amides is 2. The number of hydrogen-bond donors (Lipinski definition) is 0. The first kappa shape index (κ1) is 20.5. The quantitative estimate of drug-likeness (QED) is 0.636. The summed E-state index contributed by atoms with van der Waals surface area (Å²) in [5, 5.41) is 4.13. The maximum absolute atomic E-state index is 13.2. The van der Waals surface area contributed by atoms with Crippen molar-refractivity contribution in [3.63, 3.8) is 0 Å². The fourth-order valence-electron chi connectivity index (χ4n) is 3.91. The Morgan fingerprint density at radius 2 is 1.87 bits per heavy atom. The molecule has 1 aliphatic heterocycles. The van der Waals surface area contributed by atoms with Crippen LogP contribution in [0.4, 0.5) is 0 Å². The fourth-order valence-corrected chi connectivity index (χ4v) is 3.91. The third-order valence-corrected chi connectivity index (χ3v) is 5.87. The lowest BCUT2D eigenvalue weighted by Crippen LogP contribution is -2.36. The molecule has 158 valence electrons. The van der Waals surface area contributed by atoms with Crippen molar-refractivity contribution < 1.29 is 9.59 Å². The van der Waals surface area contributed by atoms with Gasteiger partial charge in [0.15, 0.2) is 0 Å². The van der Waals surface area contributed by atoms with Gasteiger partial charge in [-0.15, -0.1) is 0 Å². The third kappa shape index (κ3) is 4.12. The second-order valence-corrected chi connectivity index (χ2v) is 7.70. The molecular weight excluding hydrogens is 390 g/mol. The minimum atomic E-state index is -0.310. The van der Waals surface area contributed by atoms with E-state index in [2.05, 4.69) is 10.1 Å². The van der Waals surface area contributed by atoms with Gasteiger partial charge in [0, 0.05) is 20.2 Å². The summed E-state index contributed by atoms with van der Waals surface area (Å²) in [5.74, 6) is -0.0999. The van der Waals surface area contributed by atoms with Crippen molar-refractivity contribution >= 4 is 17.9 Å². The van der Waals surface area contributed by atoms with Gasteiger partial charge in [-0.1, -0.05) is 36.4 Å². The summed E-state index contributed by atoms with van der Waals surface area (Å²) in [4.78, 5) is 32.7. The fraction of sp³-hybridized carbons (Fsp3) is 0.250. The van der Waals surface area contributed by atoms with Gasteiger partial charge in [0.1, 0.15) is 12.7 Å². The van der Waals surface area contributed by atoms with E-state index in [1.165, 1.54) is 13.3 Å². The molecule has 31 heavy (non-hydrogen) atoms. The van der Waals surface area contributed by atoms with Gasteiger partial charge in [-0.25, -0.2) is 9.67 Å². The normalized spacial score (nSPS) is 16.0. The molecule has 2 aromatic carbocycles. The SMILES string of the molecule is CC(=O)N1C=Cc2ccccc2[C@@H]1CC(=O)N(C)[C@H](C)c1ccc(-n2cncn2)cc1. The molecular formula is C24H25N5O2. The van der Waals surface area contributed by atoms with Crippen molar-refractivity contribution in [3.05, 3.63) is 84.1 Å². The molecule has 0 saturated heterocycles. The second kappa shape index (κ2) is 8.55. The Morgan fingerprint density at radius 3 is 2.55 bits per heavy atom. The van der Waals surface area contributed by atoms with Gasteiger partial charge in [-0.2, -0.15) is 5.10 Å². The highest BCUT2D eigenvalue weighted by Crippen LogP contribution is 2.34. The Morgan fingerprint density at radius 1 is 1.13 bits per heavy atom. The van der Waals surface area contributed by atoms with Crippen LogP contribution in [-0.2, 0) is 9.59 Å². The summed E-state index contributed by atoms with van der Waals surface area (Å²) < 4.78 is 1.69. The molecule has 2 heterocycles. The summed E-state index contributed by atoms with van der Waals surface area (Å²) in [7, 11) is 1.81. The van der Waals surface area contributed by atoms with Gasteiger partial charge in [0.2, 0.25) is 11.8 Å². The van der Waals surface area contributed by atoms with E-state index in [0.717, 1.165) is 22.4 Å². The molecule has 0 fully saturated rings. The van der Waals surface area contributed by atoms with Gasteiger partial charge in [-0.05, 0) is 41.8 Å². The van der Waals surface area contributed by atoms with Crippen LogP contribution >= 0.6 is 0 Å². The van der Waals surface area contributed by atoms with Gasteiger partial charge in [-0.3, -0.25) is 9.59 Å². The Labute approximate surface area is 181 Å². The molecule has 2 atom stereocenters. The van der Waals surface area contributed by atoms with Crippen LogP contribution in [0, 0.1) is 0 Å². The maximum Gasteiger partial charge on any atom is 0.225 e. The zero-order chi connectivity index (χ0) is 22.0. The van der Waals surface area contributed by atoms with Crippen LogP contribution in [0.3, 0.4) is 0 Å². The second-order valence-electron chi connectivity index (χ2n) is 7.70. The zero-order valence-electron chi connectivity index (χ0n) is 17.8. The van der Waals surface area contributed by atoms with Crippen molar-refractivity contribution in [2.75, 3.05) is 7.05 Å². The summed E-state index contributed by atoms with van der Waals surface area (Å²) in [5.41, 5.74) is 3.96. The highest BCUT2D eigenvalue weighted by atomic mass is 16.2. The minimum absolute atomic E-state index is 0.0193. The van der Waals surface area contributed by atoms with E-state index in [9.17, 15) is 9.59 Å². The number of carbonyl (C=O) groups is 2. The Balaban J connectivity index is 1.51. The average molecular weight is 415 g/mol. The van der Waals surface area contributed by atoms with E-state index in [1.807, 2.05) is 61.5 Å². The minimum Gasteiger partial charge on any atom is -0.339 e. The molecule has 1 aliphatic rings. The number of rotatable bonds is 5. The highest BCUT2D eigenvalue weighted by Gasteiger charge is 2.30. The molecule has 0 spiro atoms. The molecule has 0 aliphatic carbocycles. The Bertz CT molecular complexity index is 1110. The number of nitrogens with zero attached hydrogens (tertiary/aromatic N) is 5. The molecule has 7 nitrogen and oxygen atoms in total. The Hall–Kier alpha value is -3.74. The number of carbonyl (C=O) groups excluding carboxylic acids is 2. The zero-order valence-corrected chi connectivity index (χ0v) is 17.8. The summed E-state index contributed by atoms with van der Waals surface area (Å²) in [6, 6.07) is 15.4. The Kier molecular flexibility index (Phi) is 5.66. The van der Waals surface area contributed by atoms with Crippen LogP contribution in [0.1, 0.15) is 49.0 Å². The highest BCUT2D eigenvalue weighted by molar-refractivity contribution is 5.82. The molecule has 3 aromatic rings. The first-order chi connectivity index (χ1) is 15.0. The molecule has 1 aromatic heterocycles. The monoisotopic (exact) mass is 415 g/mol. The van der Waals surface area contributed by atoms with Crippen LogP contribution in [0.25, 0.3) is 11.8 Å². The first-order valence-corrected chi connectivity index (χ1v) is 10.2. The molecule has 0 radical (unpaired) electrons. The van der Waals surface area contributed by atoms with Crippen molar-refractivity contribution in [1.82, 2.24) is 24.6 Å². The predicted molar refractivity (Wildman–Crippen MR) is 118 cm³/mol. The van der Waals surface area contributed by atoms with Crippen molar-refractivity contribution in [2.45, 2.75) is 32.4 Å². The molecule has 0 unspecified atom stereocenters. The van der Waals surface area contributed by atoms with E-state index in [4.69, 9.17) is 0 Å². The van der Waals surface area contributed by atoms with Crippen LogP contribution in [-0.4, -0.2) is 43.4 Å². The molecule has 0 saturated carbocycles. The standard InChI is InChI=1S/C24H25N5O2/c1-17(19-8-10-21(11-9-19)29-16-25-15-26-29)27(3)24(31)14-23-22-7-5-4-6-20(22)12-13-28(23)18(2)30/h4-13,15-17,23H,14H2,1-3H3/t17-,23+/m1/s1. The lowest BCUT2D eigenvalue weighted by Gasteiger charge is -2.34. The largest absolute Gasteiger partial charge is 0.339 e. The van der Waals surface area contributed by atoms with Gasteiger partial charge < -0.3 is 9.80 Å². The van der Waals surface area contributed by atoms with Crippen LogP contribution in [0.5, 0.6) is 0 Å². The molecule has 0 N–H and O–H groups in total. The van der Waals surface area contributed by atoms with Gasteiger partial charge >= 0.3 is 0 Å². The number of aromatic nitrogens is 3. The van der Waals surface area contributed by atoms with Gasteiger partial charge in [0.25, 0.3) is 0 Å². The summed E-state index contributed by atoms with van der Waals surface area (Å²) in [6.07, 6.45) is 7.05. The van der Waals surface area contributed by atoms with E-state index >= 15 is 0 Å². The smallest absolute Gasteiger partial charge is 0.225 e. The first-order valence-electron chi connectivity index (χ1n) is 10.2. The summed E-state index contributed by atoms with van der Waals surface area (Å²) in [6.45, 7) is 3.53. The van der Waals surface area contributed by atoms with E-state index < -0.39 is 0 Å². The maximum atomic E-state index is 13.2. The number of benzene rings is 2. The number of hydrogen-bond acceptors (Lipinski definition) is 4. The lowest BCUT2D eigenvalue weighted by molar-refractivity contribution is -0.135.